The van der Waals surface area contributed by atoms with Gasteiger partial charge in [-0.05, 0) is 59.9 Å². The third-order valence-electron chi connectivity index (χ3n) is 6.21. The number of hydrogen-bond donors (Lipinski definition) is 1. The predicted molar refractivity (Wildman–Crippen MR) is 137 cm³/mol. The van der Waals surface area contributed by atoms with Crippen LogP contribution in [0.3, 0.4) is 0 Å². The molecule has 1 N–H and O–H groups in total. The molecule has 4 rings (SSSR count). The van der Waals surface area contributed by atoms with Gasteiger partial charge in [-0.15, -0.1) is 0 Å². The van der Waals surface area contributed by atoms with E-state index in [1.54, 1.807) is 37.3 Å². The van der Waals surface area contributed by atoms with Crippen molar-refractivity contribution in [1.82, 2.24) is 4.90 Å². The van der Waals surface area contributed by atoms with E-state index in [-0.39, 0.29) is 23.0 Å². The zero-order chi connectivity index (χ0) is 24.3. The van der Waals surface area contributed by atoms with Gasteiger partial charge in [-0.1, -0.05) is 60.5 Å². The Labute approximate surface area is 206 Å². The lowest BCUT2D eigenvalue weighted by Gasteiger charge is -2.29. The van der Waals surface area contributed by atoms with Crippen molar-refractivity contribution in [2.24, 2.45) is 0 Å². The summed E-state index contributed by atoms with van der Waals surface area (Å²) >= 11 is 6.56. The monoisotopic (exact) mass is 496 g/mol. The van der Waals surface area contributed by atoms with E-state index in [1.165, 1.54) is 16.7 Å². The van der Waals surface area contributed by atoms with Crippen molar-refractivity contribution in [1.29, 1.82) is 0 Å². The first-order chi connectivity index (χ1) is 16.2. The van der Waals surface area contributed by atoms with E-state index in [0.717, 1.165) is 37.2 Å². The lowest BCUT2D eigenvalue weighted by Crippen LogP contribution is -2.30. The first kappa shape index (κ1) is 24.5. The number of benzene rings is 3. The van der Waals surface area contributed by atoms with Crippen LogP contribution in [-0.2, 0) is 40.6 Å². The molecule has 0 fully saturated rings. The normalized spacial score (nSPS) is 14.0. The van der Waals surface area contributed by atoms with Gasteiger partial charge in [0.25, 0.3) is 0 Å². The number of aryl methyl sites for hydroxylation is 1. The Hall–Kier alpha value is -2.67. The minimum absolute atomic E-state index is 0.0499. The van der Waals surface area contributed by atoms with E-state index in [0.29, 0.717) is 10.7 Å². The minimum atomic E-state index is -3.25. The molecular formula is C27H29ClN2O3S. The maximum absolute atomic E-state index is 12.5. The first-order valence-corrected chi connectivity index (χ1v) is 13.5. The molecule has 0 saturated heterocycles. The van der Waals surface area contributed by atoms with Gasteiger partial charge in [-0.2, -0.15) is 0 Å². The molecule has 7 heteroatoms. The van der Waals surface area contributed by atoms with Crippen LogP contribution in [0.1, 0.15) is 34.7 Å². The van der Waals surface area contributed by atoms with Gasteiger partial charge >= 0.3 is 0 Å². The maximum atomic E-state index is 12.5. The van der Waals surface area contributed by atoms with Gasteiger partial charge in [0.15, 0.2) is 9.84 Å². The molecule has 5 nitrogen and oxygen atoms in total. The van der Waals surface area contributed by atoms with E-state index in [2.05, 4.69) is 35.3 Å². The van der Waals surface area contributed by atoms with Crippen LogP contribution in [0.2, 0.25) is 5.02 Å². The van der Waals surface area contributed by atoms with Gasteiger partial charge in [-0.25, -0.2) is 8.42 Å². The van der Waals surface area contributed by atoms with Crippen molar-refractivity contribution in [3.63, 3.8) is 0 Å². The first-order valence-electron chi connectivity index (χ1n) is 11.4. The SMILES string of the molecule is CCS(=O)(=O)c1ccc(CC(=O)Nc2ccc(CN3CCc4ccc(C)cc4C3)c(Cl)c2)cc1. The molecular weight excluding hydrogens is 468 g/mol. The third kappa shape index (κ3) is 5.87. The number of carbonyl (C=O) groups excluding carboxylic acids is 1. The fraction of sp³-hybridized carbons (Fsp3) is 0.296. The fourth-order valence-electron chi connectivity index (χ4n) is 4.25. The standard InChI is InChI=1S/C27H29ClN2O3S/c1-3-34(32,33)25-10-5-20(6-11-25)15-27(31)29-24-9-8-22(26(28)16-24)17-30-13-12-21-7-4-19(2)14-23(21)18-30/h4-11,14,16H,3,12-13,15,17-18H2,1-2H3,(H,29,31). The molecule has 1 aliphatic heterocycles. The summed E-state index contributed by atoms with van der Waals surface area (Å²) in [6.07, 6.45) is 1.19. The number of rotatable bonds is 7. The molecule has 34 heavy (non-hydrogen) atoms. The highest BCUT2D eigenvalue weighted by atomic mass is 35.5. The number of halogens is 1. The smallest absolute Gasteiger partial charge is 0.228 e. The topological polar surface area (TPSA) is 66.5 Å². The summed E-state index contributed by atoms with van der Waals surface area (Å²) in [6, 6.07) is 18.7. The molecule has 1 aliphatic rings. The Morgan fingerprint density at radius 3 is 2.50 bits per heavy atom. The molecule has 0 aliphatic carbocycles. The lowest BCUT2D eigenvalue weighted by molar-refractivity contribution is -0.115. The summed E-state index contributed by atoms with van der Waals surface area (Å²) in [5.74, 6) is -0.133. The zero-order valence-corrected chi connectivity index (χ0v) is 21.0. The number of hydrogen-bond acceptors (Lipinski definition) is 4. The second-order valence-corrected chi connectivity index (χ2v) is 11.5. The van der Waals surface area contributed by atoms with Gasteiger partial charge in [0.05, 0.1) is 17.1 Å². The molecule has 0 aromatic heterocycles. The van der Waals surface area contributed by atoms with Crippen molar-refractivity contribution in [2.45, 2.75) is 44.7 Å². The van der Waals surface area contributed by atoms with E-state index < -0.39 is 9.84 Å². The number of nitrogens with zero attached hydrogens (tertiary/aromatic N) is 1. The maximum Gasteiger partial charge on any atom is 0.228 e. The Morgan fingerprint density at radius 2 is 1.79 bits per heavy atom. The third-order valence-corrected chi connectivity index (χ3v) is 8.31. The number of nitrogens with one attached hydrogen (secondary N) is 1. The average molecular weight is 497 g/mol. The molecule has 1 heterocycles. The lowest BCUT2D eigenvalue weighted by atomic mass is 9.97. The molecule has 0 saturated carbocycles. The number of amides is 1. The minimum Gasteiger partial charge on any atom is -0.326 e. The summed E-state index contributed by atoms with van der Waals surface area (Å²) < 4.78 is 23.9. The van der Waals surface area contributed by atoms with Crippen LogP contribution >= 0.6 is 11.6 Å². The zero-order valence-electron chi connectivity index (χ0n) is 19.5. The van der Waals surface area contributed by atoms with Crippen molar-refractivity contribution in [3.8, 4) is 0 Å². The molecule has 3 aromatic rings. The fourth-order valence-corrected chi connectivity index (χ4v) is 5.37. The highest BCUT2D eigenvalue weighted by Crippen LogP contribution is 2.26. The van der Waals surface area contributed by atoms with Crippen LogP contribution in [0.15, 0.2) is 65.6 Å². The number of anilines is 1. The molecule has 0 spiro atoms. The van der Waals surface area contributed by atoms with Gasteiger partial charge in [0.1, 0.15) is 0 Å². The van der Waals surface area contributed by atoms with Crippen molar-refractivity contribution in [2.75, 3.05) is 17.6 Å². The number of fused-ring (bicyclic) bond motifs is 1. The quantitative estimate of drug-likeness (QED) is 0.489. The van der Waals surface area contributed by atoms with Crippen LogP contribution in [0, 0.1) is 6.92 Å². The molecule has 3 aromatic carbocycles. The summed E-state index contributed by atoms with van der Waals surface area (Å²) in [4.78, 5) is 15.2. The van der Waals surface area contributed by atoms with Crippen molar-refractivity contribution >= 4 is 33.0 Å². The van der Waals surface area contributed by atoms with Crippen LogP contribution in [0.4, 0.5) is 5.69 Å². The van der Waals surface area contributed by atoms with Crippen LogP contribution in [0.25, 0.3) is 0 Å². The Kier molecular flexibility index (Phi) is 7.41. The predicted octanol–water partition coefficient (Wildman–Crippen LogP) is 5.18. The Balaban J connectivity index is 1.35. The van der Waals surface area contributed by atoms with Crippen molar-refractivity contribution in [3.05, 3.63) is 93.5 Å². The summed E-state index contributed by atoms with van der Waals surface area (Å²) in [7, 11) is -3.25. The molecule has 178 valence electrons. The van der Waals surface area contributed by atoms with Gasteiger partial charge < -0.3 is 5.32 Å². The Morgan fingerprint density at radius 1 is 1.03 bits per heavy atom. The van der Waals surface area contributed by atoms with E-state index in [9.17, 15) is 13.2 Å². The molecule has 0 radical (unpaired) electrons. The second kappa shape index (κ2) is 10.3. The summed E-state index contributed by atoms with van der Waals surface area (Å²) in [5.41, 5.74) is 6.50. The van der Waals surface area contributed by atoms with Gasteiger partial charge in [0.2, 0.25) is 5.91 Å². The molecule has 0 unspecified atom stereocenters. The van der Waals surface area contributed by atoms with E-state index in [4.69, 9.17) is 11.6 Å². The van der Waals surface area contributed by atoms with E-state index >= 15 is 0 Å². The largest absolute Gasteiger partial charge is 0.326 e. The van der Waals surface area contributed by atoms with Crippen LogP contribution < -0.4 is 5.32 Å². The van der Waals surface area contributed by atoms with Gasteiger partial charge in [0, 0.05) is 30.3 Å². The van der Waals surface area contributed by atoms with Crippen LogP contribution in [-0.4, -0.2) is 31.5 Å². The Bertz CT molecular complexity index is 1300. The average Bonchev–Trinajstić information content (AvgIpc) is 2.81. The summed E-state index contributed by atoms with van der Waals surface area (Å²) in [5, 5.41) is 3.51. The van der Waals surface area contributed by atoms with Crippen LogP contribution in [0.5, 0.6) is 0 Å². The summed E-state index contributed by atoms with van der Waals surface area (Å²) in [6.45, 7) is 6.38. The molecule has 0 atom stereocenters. The number of carbonyl (C=O) groups is 1. The van der Waals surface area contributed by atoms with E-state index in [1.807, 2.05) is 12.1 Å². The molecule has 1 amide bonds. The molecule has 0 bridgehead atoms. The second-order valence-electron chi connectivity index (χ2n) is 8.81. The number of sulfone groups is 1. The highest BCUT2D eigenvalue weighted by molar-refractivity contribution is 7.91. The van der Waals surface area contributed by atoms with Gasteiger partial charge in [-0.3, -0.25) is 9.69 Å². The van der Waals surface area contributed by atoms with Crippen molar-refractivity contribution < 1.29 is 13.2 Å². The highest BCUT2D eigenvalue weighted by Gasteiger charge is 2.18.